The molecule has 0 aliphatic carbocycles. The van der Waals surface area contributed by atoms with Gasteiger partial charge in [-0.3, -0.25) is 4.79 Å². The SMILES string of the molecule is CC(C)(C)C(CNS(=O)(=O)c1ccccc1)CC(=O)O. The molecule has 0 bridgehead atoms. The standard InChI is InChI=1S/C14H21NO4S/c1-14(2,3)11(9-13(16)17)10-15-20(18,19)12-7-5-4-6-8-12/h4-8,11,15H,9-10H2,1-3H3,(H,16,17). The van der Waals surface area contributed by atoms with Gasteiger partial charge < -0.3 is 5.11 Å². The lowest BCUT2D eigenvalue weighted by Gasteiger charge is -2.29. The Labute approximate surface area is 120 Å². The number of carboxylic acids is 1. The number of rotatable bonds is 6. The molecular formula is C14H21NO4S. The minimum absolute atomic E-state index is 0.0686. The fraction of sp³-hybridized carbons (Fsp3) is 0.500. The Morgan fingerprint density at radius 3 is 2.25 bits per heavy atom. The van der Waals surface area contributed by atoms with E-state index >= 15 is 0 Å². The molecule has 1 aromatic carbocycles. The van der Waals surface area contributed by atoms with Crippen LogP contribution in [0.5, 0.6) is 0 Å². The van der Waals surface area contributed by atoms with Gasteiger partial charge in [-0.25, -0.2) is 13.1 Å². The summed E-state index contributed by atoms with van der Waals surface area (Å²) in [6.07, 6.45) is -0.0686. The van der Waals surface area contributed by atoms with Crippen LogP contribution in [0.25, 0.3) is 0 Å². The summed E-state index contributed by atoms with van der Waals surface area (Å²) < 4.78 is 26.7. The molecule has 112 valence electrons. The second-order valence-corrected chi connectivity index (χ2v) is 7.59. The number of benzene rings is 1. The van der Waals surface area contributed by atoms with Crippen molar-refractivity contribution in [1.82, 2.24) is 4.72 Å². The highest BCUT2D eigenvalue weighted by Crippen LogP contribution is 2.28. The van der Waals surface area contributed by atoms with Crippen molar-refractivity contribution in [1.29, 1.82) is 0 Å². The molecule has 0 aromatic heterocycles. The van der Waals surface area contributed by atoms with Crippen LogP contribution in [-0.2, 0) is 14.8 Å². The third-order valence-corrected chi connectivity index (χ3v) is 4.66. The highest BCUT2D eigenvalue weighted by molar-refractivity contribution is 7.89. The molecule has 1 rings (SSSR count). The molecule has 6 heteroatoms. The first-order valence-electron chi connectivity index (χ1n) is 6.39. The van der Waals surface area contributed by atoms with Crippen LogP contribution in [0.3, 0.4) is 0 Å². The van der Waals surface area contributed by atoms with Gasteiger partial charge in [-0.2, -0.15) is 0 Å². The first kappa shape index (κ1) is 16.7. The Morgan fingerprint density at radius 1 is 1.25 bits per heavy atom. The molecule has 0 aliphatic heterocycles. The number of aliphatic carboxylic acids is 1. The van der Waals surface area contributed by atoms with Crippen LogP contribution in [-0.4, -0.2) is 26.0 Å². The average molecular weight is 299 g/mol. The highest BCUT2D eigenvalue weighted by atomic mass is 32.2. The monoisotopic (exact) mass is 299 g/mol. The van der Waals surface area contributed by atoms with E-state index in [1.165, 1.54) is 12.1 Å². The first-order valence-corrected chi connectivity index (χ1v) is 7.88. The number of carbonyl (C=O) groups is 1. The van der Waals surface area contributed by atoms with Gasteiger partial charge in [0.25, 0.3) is 0 Å². The van der Waals surface area contributed by atoms with Crippen LogP contribution >= 0.6 is 0 Å². The maximum absolute atomic E-state index is 12.1. The molecule has 1 aromatic rings. The van der Waals surface area contributed by atoms with Crippen molar-refractivity contribution in [2.24, 2.45) is 11.3 Å². The van der Waals surface area contributed by atoms with Crippen LogP contribution in [0, 0.1) is 11.3 Å². The molecule has 0 aliphatic rings. The highest BCUT2D eigenvalue weighted by Gasteiger charge is 2.28. The molecule has 1 atom stereocenters. The summed E-state index contributed by atoms with van der Waals surface area (Å²) in [5.41, 5.74) is -0.294. The van der Waals surface area contributed by atoms with Gasteiger partial charge in [-0.1, -0.05) is 39.0 Å². The minimum Gasteiger partial charge on any atom is -0.481 e. The van der Waals surface area contributed by atoms with Gasteiger partial charge in [0.2, 0.25) is 10.0 Å². The first-order chi connectivity index (χ1) is 9.13. The van der Waals surface area contributed by atoms with E-state index in [-0.39, 0.29) is 29.2 Å². The summed E-state index contributed by atoms with van der Waals surface area (Å²) in [5.74, 6) is -1.21. The zero-order valence-corrected chi connectivity index (χ0v) is 12.8. The zero-order chi connectivity index (χ0) is 15.4. The molecule has 1 unspecified atom stereocenters. The summed E-state index contributed by atoms with van der Waals surface area (Å²) in [7, 11) is -3.59. The largest absolute Gasteiger partial charge is 0.481 e. The lowest BCUT2D eigenvalue weighted by molar-refractivity contribution is -0.139. The average Bonchev–Trinajstić information content (AvgIpc) is 2.34. The predicted molar refractivity (Wildman–Crippen MR) is 76.8 cm³/mol. The lowest BCUT2D eigenvalue weighted by atomic mass is 9.79. The molecule has 0 saturated heterocycles. The van der Waals surface area contributed by atoms with Crippen LogP contribution < -0.4 is 4.72 Å². The summed E-state index contributed by atoms with van der Waals surface area (Å²) >= 11 is 0. The quantitative estimate of drug-likeness (QED) is 0.842. The summed E-state index contributed by atoms with van der Waals surface area (Å²) in [5, 5.41) is 8.92. The number of hydrogen-bond acceptors (Lipinski definition) is 3. The molecule has 20 heavy (non-hydrogen) atoms. The van der Waals surface area contributed by atoms with Crippen LogP contribution in [0.4, 0.5) is 0 Å². The van der Waals surface area contributed by atoms with E-state index < -0.39 is 16.0 Å². The van der Waals surface area contributed by atoms with Gasteiger partial charge in [0.05, 0.1) is 4.90 Å². The van der Waals surface area contributed by atoms with E-state index in [1.54, 1.807) is 18.2 Å². The van der Waals surface area contributed by atoms with Gasteiger partial charge in [-0.15, -0.1) is 0 Å². The third kappa shape index (κ3) is 4.94. The molecule has 2 N–H and O–H groups in total. The van der Waals surface area contributed by atoms with Crippen molar-refractivity contribution in [3.05, 3.63) is 30.3 Å². The Morgan fingerprint density at radius 2 is 1.80 bits per heavy atom. The van der Waals surface area contributed by atoms with Crippen LogP contribution in [0.2, 0.25) is 0 Å². The van der Waals surface area contributed by atoms with E-state index in [0.717, 1.165) is 0 Å². The number of carboxylic acid groups (broad SMARTS) is 1. The van der Waals surface area contributed by atoms with E-state index in [0.29, 0.717) is 0 Å². The smallest absolute Gasteiger partial charge is 0.303 e. The fourth-order valence-electron chi connectivity index (χ4n) is 1.79. The Kier molecular flexibility index (Phi) is 5.30. The summed E-state index contributed by atoms with van der Waals surface area (Å²) in [6, 6.07) is 8.04. The van der Waals surface area contributed by atoms with Gasteiger partial charge >= 0.3 is 5.97 Å². The fourth-order valence-corrected chi connectivity index (χ4v) is 2.89. The maximum atomic E-state index is 12.1. The number of nitrogens with one attached hydrogen (secondary N) is 1. The van der Waals surface area contributed by atoms with Crippen molar-refractivity contribution >= 4 is 16.0 Å². The molecule has 0 heterocycles. The second kappa shape index (κ2) is 6.37. The Hall–Kier alpha value is -1.40. The van der Waals surface area contributed by atoms with E-state index in [4.69, 9.17) is 5.11 Å². The Balaban J connectivity index is 2.80. The van der Waals surface area contributed by atoms with E-state index in [2.05, 4.69) is 4.72 Å². The number of hydrogen-bond donors (Lipinski definition) is 2. The molecule has 0 saturated carbocycles. The molecule has 5 nitrogen and oxygen atoms in total. The van der Waals surface area contributed by atoms with Gasteiger partial charge in [0.15, 0.2) is 0 Å². The molecule has 0 spiro atoms. The van der Waals surface area contributed by atoms with Crippen molar-refractivity contribution in [2.45, 2.75) is 32.1 Å². The molecular weight excluding hydrogens is 278 g/mol. The van der Waals surface area contributed by atoms with Crippen LogP contribution in [0.15, 0.2) is 35.2 Å². The van der Waals surface area contributed by atoms with Crippen molar-refractivity contribution in [3.63, 3.8) is 0 Å². The lowest BCUT2D eigenvalue weighted by Crippen LogP contribution is -2.36. The normalized spacial score (nSPS) is 13.9. The molecule has 0 radical (unpaired) electrons. The summed E-state index contributed by atoms with van der Waals surface area (Å²) in [6.45, 7) is 5.80. The minimum atomic E-state index is -3.59. The van der Waals surface area contributed by atoms with E-state index in [1.807, 2.05) is 20.8 Å². The van der Waals surface area contributed by atoms with Crippen molar-refractivity contribution in [3.8, 4) is 0 Å². The van der Waals surface area contributed by atoms with Crippen molar-refractivity contribution < 1.29 is 18.3 Å². The maximum Gasteiger partial charge on any atom is 0.303 e. The van der Waals surface area contributed by atoms with Crippen molar-refractivity contribution in [2.75, 3.05) is 6.54 Å². The summed E-state index contributed by atoms with van der Waals surface area (Å²) in [4.78, 5) is 11.1. The number of sulfonamides is 1. The molecule has 0 fully saturated rings. The molecule has 0 amide bonds. The third-order valence-electron chi connectivity index (χ3n) is 3.22. The predicted octanol–water partition coefficient (Wildman–Crippen LogP) is 2.10. The van der Waals surface area contributed by atoms with Gasteiger partial charge in [0.1, 0.15) is 0 Å². The topological polar surface area (TPSA) is 83.5 Å². The van der Waals surface area contributed by atoms with Crippen LogP contribution in [0.1, 0.15) is 27.2 Å². The van der Waals surface area contributed by atoms with Gasteiger partial charge in [0, 0.05) is 13.0 Å². The van der Waals surface area contributed by atoms with E-state index in [9.17, 15) is 13.2 Å². The van der Waals surface area contributed by atoms with Gasteiger partial charge in [-0.05, 0) is 23.5 Å². The second-order valence-electron chi connectivity index (χ2n) is 5.83. The Bertz CT molecular complexity index is 546. The zero-order valence-electron chi connectivity index (χ0n) is 12.0.